The Morgan fingerprint density at radius 2 is 2.04 bits per heavy atom. The molecule has 0 atom stereocenters. The van der Waals surface area contributed by atoms with Gasteiger partial charge in [-0.25, -0.2) is 4.98 Å². The molecule has 4 rings (SSSR count). The zero-order valence-electron chi connectivity index (χ0n) is 15.5. The first kappa shape index (κ1) is 17.3. The van der Waals surface area contributed by atoms with Crippen LogP contribution >= 0.6 is 0 Å². The van der Waals surface area contributed by atoms with Crippen molar-refractivity contribution >= 4 is 11.8 Å². The molecule has 4 heterocycles. The molecule has 0 radical (unpaired) electrons. The van der Waals surface area contributed by atoms with Gasteiger partial charge in [-0.1, -0.05) is 0 Å². The van der Waals surface area contributed by atoms with Gasteiger partial charge in [0.15, 0.2) is 5.82 Å². The smallest absolute Gasteiger partial charge is 0.225 e. The molecule has 0 aromatic carbocycles. The largest absolute Gasteiger partial charge is 0.481 e. The van der Waals surface area contributed by atoms with Crippen LogP contribution in [0.3, 0.4) is 0 Å². The highest BCUT2D eigenvalue weighted by Gasteiger charge is 2.26. The van der Waals surface area contributed by atoms with E-state index in [-0.39, 0.29) is 5.95 Å². The molecule has 142 valence electrons. The van der Waals surface area contributed by atoms with Crippen LogP contribution in [0.5, 0.6) is 5.88 Å². The molecule has 0 bridgehead atoms. The molecule has 2 N–H and O–H groups in total. The number of hydrogen-bond donors (Lipinski definition) is 1. The lowest BCUT2D eigenvalue weighted by Crippen LogP contribution is -2.34. The quantitative estimate of drug-likeness (QED) is 0.703. The molecule has 0 aliphatic carbocycles. The van der Waals surface area contributed by atoms with Crippen molar-refractivity contribution in [3.63, 3.8) is 0 Å². The first-order valence-corrected chi connectivity index (χ1v) is 8.91. The van der Waals surface area contributed by atoms with E-state index in [1.165, 1.54) is 0 Å². The van der Waals surface area contributed by atoms with E-state index >= 15 is 0 Å². The highest BCUT2D eigenvalue weighted by Crippen LogP contribution is 2.30. The normalized spacial score (nSPS) is 15.3. The van der Waals surface area contributed by atoms with Crippen LogP contribution < -0.4 is 15.4 Å². The number of aromatic nitrogens is 7. The van der Waals surface area contributed by atoms with Gasteiger partial charge < -0.3 is 24.5 Å². The Balaban J connectivity index is 1.44. The molecular weight excluding hydrogens is 346 g/mol. The van der Waals surface area contributed by atoms with Gasteiger partial charge in [-0.3, -0.25) is 0 Å². The van der Waals surface area contributed by atoms with Crippen molar-refractivity contribution < 1.29 is 4.74 Å². The second kappa shape index (κ2) is 7.22. The first-order chi connectivity index (χ1) is 13.1. The predicted molar refractivity (Wildman–Crippen MR) is 99.5 cm³/mol. The van der Waals surface area contributed by atoms with Gasteiger partial charge in [0.25, 0.3) is 0 Å². The number of nitrogens with two attached hydrogens (primary N) is 1. The molecule has 10 heteroatoms. The van der Waals surface area contributed by atoms with E-state index in [0.717, 1.165) is 43.4 Å². The number of rotatable bonds is 5. The number of ether oxygens (including phenoxy) is 1. The second-order valence-corrected chi connectivity index (χ2v) is 6.66. The summed E-state index contributed by atoms with van der Waals surface area (Å²) in [6.07, 6.45) is 7.43. The first-order valence-electron chi connectivity index (χ1n) is 8.91. The molecule has 1 aliphatic heterocycles. The minimum atomic E-state index is 0.226. The zero-order valence-corrected chi connectivity index (χ0v) is 15.5. The molecule has 3 aromatic heterocycles. The van der Waals surface area contributed by atoms with Crippen molar-refractivity contribution in [2.24, 2.45) is 7.05 Å². The van der Waals surface area contributed by atoms with Gasteiger partial charge >= 0.3 is 0 Å². The maximum Gasteiger partial charge on any atom is 0.225 e. The van der Waals surface area contributed by atoms with Crippen molar-refractivity contribution in [2.45, 2.75) is 25.3 Å². The number of methoxy groups -OCH3 is 1. The third kappa shape index (κ3) is 3.55. The Kier molecular flexibility index (Phi) is 4.61. The van der Waals surface area contributed by atoms with Crippen LogP contribution in [0.1, 0.15) is 30.4 Å². The van der Waals surface area contributed by atoms with Crippen molar-refractivity contribution in [1.29, 1.82) is 0 Å². The molecule has 27 heavy (non-hydrogen) atoms. The fourth-order valence-electron chi connectivity index (χ4n) is 3.48. The molecule has 0 unspecified atom stereocenters. The van der Waals surface area contributed by atoms with Gasteiger partial charge in [0.2, 0.25) is 11.8 Å². The van der Waals surface area contributed by atoms with Crippen LogP contribution in [-0.2, 0) is 13.6 Å². The second-order valence-electron chi connectivity index (χ2n) is 6.66. The fourth-order valence-corrected chi connectivity index (χ4v) is 3.48. The van der Waals surface area contributed by atoms with Gasteiger partial charge in [-0.05, 0) is 12.8 Å². The van der Waals surface area contributed by atoms with Crippen molar-refractivity contribution in [3.05, 3.63) is 36.4 Å². The van der Waals surface area contributed by atoms with Crippen LogP contribution in [0.15, 0.2) is 24.8 Å². The summed E-state index contributed by atoms with van der Waals surface area (Å²) in [6.45, 7) is 2.41. The van der Waals surface area contributed by atoms with Crippen molar-refractivity contribution in [2.75, 3.05) is 30.8 Å². The Morgan fingerprint density at radius 1 is 1.22 bits per heavy atom. The highest BCUT2D eigenvalue weighted by molar-refractivity contribution is 5.46. The van der Waals surface area contributed by atoms with E-state index in [1.54, 1.807) is 19.6 Å². The maximum atomic E-state index is 5.78. The van der Waals surface area contributed by atoms with Crippen LogP contribution in [0.25, 0.3) is 0 Å². The van der Waals surface area contributed by atoms with E-state index in [9.17, 15) is 0 Å². The molecule has 1 saturated heterocycles. The Hall–Kier alpha value is -3.17. The van der Waals surface area contributed by atoms with Crippen LogP contribution in [-0.4, -0.2) is 54.5 Å². The van der Waals surface area contributed by atoms with E-state index in [2.05, 4.69) is 34.6 Å². The number of nitrogen functional groups attached to an aromatic ring is 1. The van der Waals surface area contributed by atoms with Gasteiger partial charge in [-0.15, -0.1) is 10.2 Å². The molecule has 0 amide bonds. The van der Waals surface area contributed by atoms with Gasteiger partial charge in [-0.2, -0.15) is 9.97 Å². The molecule has 3 aromatic rings. The molecule has 1 fully saturated rings. The summed E-state index contributed by atoms with van der Waals surface area (Å²) in [6, 6.07) is 1.82. The minimum absolute atomic E-state index is 0.226. The third-order valence-corrected chi connectivity index (χ3v) is 4.98. The van der Waals surface area contributed by atoms with E-state index < -0.39 is 0 Å². The molecule has 0 spiro atoms. The topological polar surface area (TPSA) is 113 Å². The summed E-state index contributed by atoms with van der Waals surface area (Å²) in [5.41, 5.74) is 5.78. The molecule has 1 aliphatic rings. The van der Waals surface area contributed by atoms with Crippen molar-refractivity contribution in [3.8, 4) is 5.88 Å². The number of piperidine rings is 1. The van der Waals surface area contributed by atoms with Crippen LogP contribution in [0.2, 0.25) is 0 Å². The highest BCUT2D eigenvalue weighted by atomic mass is 16.5. The number of hydrogen-bond acceptors (Lipinski definition) is 8. The number of imidazole rings is 1. The maximum absolute atomic E-state index is 5.78. The summed E-state index contributed by atoms with van der Waals surface area (Å²) in [7, 11) is 3.61. The van der Waals surface area contributed by atoms with E-state index in [0.29, 0.717) is 18.3 Å². The lowest BCUT2D eigenvalue weighted by molar-refractivity contribution is 0.397. The predicted octanol–water partition coefficient (Wildman–Crippen LogP) is 0.825. The Bertz CT molecular complexity index is 897. The Labute approximate surface area is 157 Å². The summed E-state index contributed by atoms with van der Waals surface area (Å²) >= 11 is 0. The SMILES string of the molecule is COc1cc(N2CCC(c3nnc(Cn4ccnc4)n3C)CC2)nc(N)n1. The standard InChI is InChI=1S/C17H23N9O/c1-24-14(10-25-8-5-19-11-25)22-23-16(24)12-3-6-26(7-4-12)13-9-15(27-2)21-17(18)20-13/h5,8-9,11-12H,3-4,6-7,10H2,1-2H3,(H2,18,20,21). The van der Waals surface area contributed by atoms with Crippen LogP contribution in [0.4, 0.5) is 11.8 Å². The molecular formula is C17H23N9O. The zero-order chi connectivity index (χ0) is 18.8. The number of nitrogens with zero attached hydrogens (tertiary/aromatic N) is 8. The van der Waals surface area contributed by atoms with E-state index in [4.69, 9.17) is 10.5 Å². The summed E-state index contributed by atoms with van der Waals surface area (Å²) in [5.74, 6) is 3.84. The monoisotopic (exact) mass is 369 g/mol. The average molecular weight is 369 g/mol. The van der Waals surface area contributed by atoms with Gasteiger partial charge in [0.1, 0.15) is 11.6 Å². The minimum Gasteiger partial charge on any atom is -0.481 e. The van der Waals surface area contributed by atoms with Gasteiger partial charge in [0, 0.05) is 44.5 Å². The fraction of sp³-hybridized carbons (Fsp3) is 0.471. The lowest BCUT2D eigenvalue weighted by Gasteiger charge is -2.32. The summed E-state index contributed by atoms with van der Waals surface area (Å²) in [4.78, 5) is 14.7. The third-order valence-electron chi connectivity index (χ3n) is 4.98. The summed E-state index contributed by atoms with van der Waals surface area (Å²) in [5, 5.41) is 8.83. The van der Waals surface area contributed by atoms with Crippen molar-refractivity contribution in [1.82, 2.24) is 34.3 Å². The van der Waals surface area contributed by atoms with E-state index in [1.807, 2.05) is 23.9 Å². The molecule has 0 saturated carbocycles. The number of anilines is 2. The summed E-state index contributed by atoms with van der Waals surface area (Å²) < 4.78 is 9.29. The average Bonchev–Trinajstić information content (AvgIpc) is 3.32. The van der Waals surface area contributed by atoms with Crippen LogP contribution in [0, 0.1) is 0 Å². The van der Waals surface area contributed by atoms with Gasteiger partial charge in [0.05, 0.1) is 20.0 Å². The molecule has 10 nitrogen and oxygen atoms in total. The lowest BCUT2D eigenvalue weighted by atomic mass is 9.96. The Morgan fingerprint density at radius 3 is 2.74 bits per heavy atom.